The topological polar surface area (TPSA) is 82.2 Å². The summed E-state index contributed by atoms with van der Waals surface area (Å²) in [5.41, 5.74) is 1.78. The van der Waals surface area contributed by atoms with Crippen molar-refractivity contribution >= 4 is 17.1 Å². The van der Waals surface area contributed by atoms with Crippen molar-refractivity contribution in [1.29, 1.82) is 0 Å². The number of aromatic nitrogens is 2. The van der Waals surface area contributed by atoms with Crippen molar-refractivity contribution in [3.05, 3.63) is 34.7 Å². The highest BCUT2D eigenvalue weighted by atomic mass is 16.2. The summed E-state index contributed by atoms with van der Waals surface area (Å²) in [6.45, 7) is 3.45. The number of urea groups is 1. The Labute approximate surface area is 145 Å². The Balaban J connectivity index is 1.24. The number of piperidine rings is 2. The van der Waals surface area contributed by atoms with E-state index in [0.29, 0.717) is 31.0 Å². The normalized spacial score (nSPS) is 29.0. The molecule has 132 valence electrons. The van der Waals surface area contributed by atoms with Gasteiger partial charge in [-0.15, -0.1) is 0 Å². The van der Waals surface area contributed by atoms with Gasteiger partial charge in [-0.05, 0) is 36.8 Å². The molecule has 1 aliphatic carbocycles. The summed E-state index contributed by atoms with van der Waals surface area (Å²) in [4.78, 5) is 29.6. The molecule has 2 saturated heterocycles. The number of amides is 2. The molecule has 1 aromatic carbocycles. The van der Waals surface area contributed by atoms with Crippen LogP contribution in [0.4, 0.5) is 4.79 Å². The van der Waals surface area contributed by atoms with Crippen LogP contribution >= 0.6 is 0 Å². The molecule has 7 heteroatoms. The number of H-pyrrole nitrogens is 1. The van der Waals surface area contributed by atoms with Gasteiger partial charge in [-0.1, -0.05) is 12.1 Å². The zero-order valence-electron chi connectivity index (χ0n) is 14.1. The van der Waals surface area contributed by atoms with Gasteiger partial charge in [0.1, 0.15) is 0 Å². The lowest BCUT2D eigenvalue weighted by atomic mass is 10.0. The van der Waals surface area contributed by atoms with Crippen molar-refractivity contribution in [3.63, 3.8) is 0 Å². The van der Waals surface area contributed by atoms with Crippen LogP contribution in [0.25, 0.3) is 11.0 Å². The molecule has 2 aliphatic heterocycles. The number of benzene rings is 1. The second-order valence-electron chi connectivity index (χ2n) is 7.50. The molecule has 5 rings (SSSR count). The first-order chi connectivity index (χ1) is 12.2. The van der Waals surface area contributed by atoms with E-state index in [9.17, 15) is 9.59 Å². The predicted octanol–water partition coefficient (Wildman–Crippen LogP) is 0.894. The monoisotopic (exact) mass is 341 g/mol. The summed E-state index contributed by atoms with van der Waals surface area (Å²) in [7, 11) is 0. The standard InChI is InChI=1S/C18H23N5O2/c24-17(21-16-12-9-19-10-13(12)16)22-7-5-11(6-8-22)23-15-4-2-1-3-14(15)20-18(23)25/h1-4,11-13,16,19H,5-10H2,(H,20,25)(H,21,24)/t12-,13+,16?. The first kappa shape index (κ1) is 15.0. The van der Waals surface area contributed by atoms with Crippen LogP contribution in [0.15, 0.2) is 29.1 Å². The van der Waals surface area contributed by atoms with E-state index in [1.807, 2.05) is 33.7 Å². The molecule has 0 spiro atoms. The predicted molar refractivity (Wildman–Crippen MR) is 94.6 cm³/mol. The molecule has 1 saturated carbocycles. The van der Waals surface area contributed by atoms with E-state index in [4.69, 9.17) is 0 Å². The average Bonchev–Trinajstić information content (AvgIpc) is 2.99. The highest BCUT2D eigenvalue weighted by Gasteiger charge is 2.54. The lowest BCUT2D eigenvalue weighted by molar-refractivity contribution is 0.170. The van der Waals surface area contributed by atoms with Crippen molar-refractivity contribution in [2.75, 3.05) is 26.2 Å². The number of nitrogens with one attached hydrogen (secondary N) is 3. The van der Waals surface area contributed by atoms with E-state index in [2.05, 4.69) is 15.6 Å². The molecule has 1 unspecified atom stereocenters. The van der Waals surface area contributed by atoms with Crippen molar-refractivity contribution in [1.82, 2.24) is 25.1 Å². The van der Waals surface area contributed by atoms with E-state index in [-0.39, 0.29) is 17.8 Å². The fourth-order valence-electron chi connectivity index (χ4n) is 4.63. The molecule has 0 radical (unpaired) electrons. The molecule has 3 fully saturated rings. The van der Waals surface area contributed by atoms with Gasteiger partial charge >= 0.3 is 11.7 Å². The largest absolute Gasteiger partial charge is 0.335 e. The Bertz CT molecular complexity index is 854. The Kier molecular flexibility index (Phi) is 3.38. The molecule has 3 aliphatic rings. The number of fused-ring (bicyclic) bond motifs is 2. The first-order valence-corrected chi connectivity index (χ1v) is 9.18. The zero-order chi connectivity index (χ0) is 17.0. The maximum absolute atomic E-state index is 12.5. The summed E-state index contributed by atoms with van der Waals surface area (Å²) < 4.78 is 1.86. The summed E-state index contributed by atoms with van der Waals surface area (Å²) in [5.74, 6) is 1.26. The number of aromatic amines is 1. The third-order valence-corrected chi connectivity index (χ3v) is 6.12. The molecule has 2 aromatic rings. The van der Waals surface area contributed by atoms with Gasteiger partial charge in [0.2, 0.25) is 0 Å². The Hall–Kier alpha value is -2.28. The Morgan fingerprint density at radius 3 is 2.60 bits per heavy atom. The highest BCUT2D eigenvalue weighted by molar-refractivity contribution is 5.76. The minimum absolute atomic E-state index is 0.0533. The van der Waals surface area contributed by atoms with Crippen LogP contribution in [0.5, 0.6) is 0 Å². The third-order valence-electron chi connectivity index (χ3n) is 6.12. The van der Waals surface area contributed by atoms with Crippen molar-refractivity contribution < 1.29 is 4.79 Å². The Morgan fingerprint density at radius 1 is 1.12 bits per heavy atom. The van der Waals surface area contributed by atoms with E-state index in [1.54, 1.807) is 0 Å². The van der Waals surface area contributed by atoms with Crippen LogP contribution in [0.2, 0.25) is 0 Å². The molecule has 3 N–H and O–H groups in total. The summed E-state index contributed by atoms with van der Waals surface area (Å²) in [6.07, 6.45) is 1.63. The number of rotatable bonds is 2. The van der Waals surface area contributed by atoms with Crippen molar-refractivity contribution in [3.8, 4) is 0 Å². The second-order valence-corrected chi connectivity index (χ2v) is 7.50. The average molecular weight is 341 g/mol. The first-order valence-electron chi connectivity index (χ1n) is 9.18. The van der Waals surface area contributed by atoms with Crippen molar-refractivity contribution in [2.24, 2.45) is 11.8 Å². The zero-order valence-corrected chi connectivity index (χ0v) is 14.1. The second kappa shape index (κ2) is 5.62. The fraction of sp³-hybridized carbons (Fsp3) is 0.556. The van der Waals surface area contributed by atoms with E-state index < -0.39 is 0 Å². The number of imidazole rings is 1. The molecule has 0 bridgehead atoms. The van der Waals surface area contributed by atoms with Gasteiger partial charge in [0.25, 0.3) is 0 Å². The number of carbonyl (C=O) groups is 1. The van der Waals surface area contributed by atoms with Crippen LogP contribution in [-0.4, -0.2) is 52.7 Å². The highest BCUT2D eigenvalue weighted by Crippen LogP contribution is 2.41. The molecule has 1 aromatic heterocycles. The molecule has 3 heterocycles. The van der Waals surface area contributed by atoms with Gasteiger partial charge in [-0.3, -0.25) is 4.57 Å². The number of hydrogen-bond donors (Lipinski definition) is 3. The van der Waals surface area contributed by atoms with Gasteiger partial charge in [0.05, 0.1) is 11.0 Å². The number of nitrogens with zero attached hydrogens (tertiary/aromatic N) is 2. The maximum atomic E-state index is 12.5. The molecular weight excluding hydrogens is 318 g/mol. The Morgan fingerprint density at radius 2 is 1.84 bits per heavy atom. The fourth-order valence-corrected chi connectivity index (χ4v) is 4.63. The number of hydrogen-bond acceptors (Lipinski definition) is 3. The smallest absolute Gasteiger partial charge is 0.326 e. The summed E-state index contributed by atoms with van der Waals surface area (Å²) in [6, 6.07) is 8.36. The van der Waals surface area contributed by atoms with E-state index in [1.165, 1.54) is 0 Å². The van der Waals surface area contributed by atoms with Crippen LogP contribution in [0.3, 0.4) is 0 Å². The van der Waals surface area contributed by atoms with Gasteiger partial charge < -0.3 is 20.5 Å². The summed E-state index contributed by atoms with van der Waals surface area (Å²) in [5, 5.41) is 6.53. The molecular formula is C18H23N5O2. The lowest BCUT2D eigenvalue weighted by Gasteiger charge is -2.32. The molecule has 25 heavy (non-hydrogen) atoms. The van der Waals surface area contributed by atoms with E-state index in [0.717, 1.165) is 37.0 Å². The van der Waals surface area contributed by atoms with Gasteiger partial charge in [0.15, 0.2) is 0 Å². The minimum Gasteiger partial charge on any atom is -0.335 e. The number of para-hydroxylation sites is 2. The van der Waals surface area contributed by atoms with Crippen LogP contribution < -0.4 is 16.3 Å². The van der Waals surface area contributed by atoms with E-state index >= 15 is 0 Å². The van der Waals surface area contributed by atoms with Gasteiger partial charge in [0, 0.05) is 38.3 Å². The minimum atomic E-state index is -0.0533. The lowest BCUT2D eigenvalue weighted by Crippen LogP contribution is -2.47. The van der Waals surface area contributed by atoms with Crippen LogP contribution in [-0.2, 0) is 0 Å². The summed E-state index contributed by atoms with van der Waals surface area (Å²) >= 11 is 0. The van der Waals surface area contributed by atoms with Crippen LogP contribution in [0.1, 0.15) is 18.9 Å². The number of likely N-dealkylation sites (tertiary alicyclic amines) is 1. The molecule has 3 atom stereocenters. The van der Waals surface area contributed by atoms with Gasteiger partial charge in [-0.2, -0.15) is 0 Å². The van der Waals surface area contributed by atoms with Crippen LogP contribution in [0, 0.1) is 11.8 Å². The molecule has 2 amide bonds. The third kappa shape index (κ3) is 2.45. The SMILES string of the molecule is O=C(NC1[C@H]2CNC[C@@H]12)N1CCC(n2c(=O)[nH]c3ccccc32)CC1. The number of carbonyl (C=O) groups excluding carboxylic acids is 1. The van der Waals surface area contributed by atoms with Gasteiger partial charge in [-0.25, -0.2) is 9.59 Å². The van der Waals surface area contributed by atoms with Crippen molar-refractivity contribution in [2.45, 2.75) is 24.9 Å². The maximum Gasteiger partial charge on any atom is 0.326 e. The molecule has 7 nitrogen and oxygen atoms in total. The quantitative estimate of drug-likeness (QED) is 0.759.